The highest BCUT2D eigenvalue weighted by Gasteiger charge is 2.41. The fourth-order valence-electron chi connectivity index (χ4n) is 3.54. The highest BCUT2D eigenvalue weighted by atomic mass is 16.1. The van der Waals surface area contributed by atoms with Gasteiger partial charge in [0.15, 0.2) is 0 Å². The maximum Gasteiger partial charge on any atom is 0.244 e. The summed E-state index contributed by atoms with van der Waals surface area (Å²) in [4.78, 5) is 11.7. The van der Waals surface area contributed by atoms with Crippen molar-refractivity contribution in [2.45, 2.75) is 45.6 Å². The van der Waals surface area contributed by atoms with Crippen LogP contribution in [0.5, 0.6) is 0 Å². The van der Waals surface area contributed by atoms with Crippen molar-refractivity contribution in [2.75, 3.05) is 0 Å². The van der Waals surface area contributed by atoms with E-state index in [9.17, 15) is 4.79 Å². The van der Waals surface area contributed by atoms with E-state index in [0.717, 1.165) is 11.8 Å². The molecule has 2 aliphatic rings. The third-order valence-corrected chi connectivity index (χ3v) is 4.36. The van der Waals surface area contributed by atoms with Gasteiger partial charge in [0.05, 0.1) is 0 Å². The molecule has 2 fully saturated rings. The number of carbonyl (C=O) groups excluding carboxylic acids is 1. The topological polar surface area (TPSA) is 29.1 Å². The Bertz CT molecular complexity index is 332. The summed E-state index contributed by atoms with van der Waals surface area (Å²) in [5, 5.41) is 3.11. The number of rotatable bonds is 4. The van der Waals surface area contributed by atoms with Crippen molar-refractivity contribution in [3.05, 3.63) is 24.3 Å². The highest BCUT2D eigenvalue weighted by molar-refractivity contribution is 5.87. The van der Waals surface area contributed by atoms with Crippen LogP contribution in [-0.4, -0.2) is 11.9 Å². The first-order valence-corrected chi connectivity index (χ1v) is 6.80. The van der Waals surface area contributed by atoms with E-state index in [2.05, 4.69) is 12.2 Å². The van der Waals surface area contributed by atoms with Crippen LogP contribution in [0.15, 0.2) is 24.3 Å². The molecular formula is C15H23NO. The number of hydrogen-bond acceptors (Lipinski definition) is 1. The van der Waals surface area contributed by atoms with Crippen LogP contribution in [0, 0.1) is 17.8 Å². The molecule has 0 saturated heterocycles. The summed E-state index contributed by atoms with van der Waals surface area (Å²) >= 11 is 0. The molecular weight excluding hydrogens is 210 g/mol. The van der Waals surface area contributed by atoms with Crippen molar-refractivity contribution in [1.82, 2.24) is 5.32 Å². The van der Waals surface area contributed by atoms with Gasteiger partial charge in [0.25, 0.3) is 0 Å². The number of carbonyl (C=O) groups is 1. The van der Waals surface area contributed by atoms with E-state index in [1.54, 1.807) is 12.2 Å². The number of nitrogens with one attached hydrogen (secondary N) is 1. The van der Waals surface area contributed by atoms with Gasteiger partial charge >= 0.3 is 0 Å². The molecule has 1 N–H and O–H groups in total. The summed E-state index contributed by atoms with van der Waals surface area (Å²) in [5.41, 5.74) is 0. The molecule has 2 rings (SSSR count). The number of fused-ring (bicyclic) bond motifs is 2. The first-order chi connectivity index (χ1) is 8.20. The standard InChI is InChI=1S/C15H23NO/c1-3-4-5-6-15(17)16-11(2)14-10-12-7-8-13(14)9-12/h3-6,11-14H,7-10H2,1-2H3,(H,16,17). The third kappa shape index (κ3) is 2.99. The Morgan fingerprint density at radius 1 is 1.29 bits per heavy atom. The fourth-order valence-corrected chi connectivity index (χ4v) is 3.54. The molecule has 0 aromatic carbocycles. The van der Waals surface area contributed by atoms with Gasteiger partial charge in [-0.2, -0.15) is 0 Å². The van der Waals surface area contributed by atoms with E-state index in [0.29, 0.717) is 12.0 Å². The first kappa shape index (κ1) is 12.4. The largest absolute Gasteiger partial charge is 0.350 e. The summed E-state index contributed by atoms with van der Waals surface area (Å²) < 4.78 is 0. The van der Waals surface area contributed by atoms with Gasteiger partial charge < -0.3 is 5.32 Å². The summed E-state index contributed by atoms with van der Waals surface area (Å²) in [5.74, 6) is 2.57. The molecule has 2 saturated carbocycles. The van der Waals surface area contributed by atoms with Gasteiger partial charge in [-0.1, -0.05) is 24.6 Å². The van der Waals surface area contributed by atoms with E-state index < -0.39 is 0 Å². The van der Waals surface area contributed by atoms with Gasteiger partial charge in [-0.05, 0) is 50.9 Å². The molecule has 0 radical (unpaired) electrons. The second-order valence-electron chi connectivity index (χ2n) is 5.52. The number of amides is 1. The molecule has 0 spiro atoms. The summed E-state index contributed by atoms with van der Waals surface area (Å²) in [7, 11) is 0. The minimum Gasteiger partial charge on any atom is -0.350 e. The van der Waals surface area contributed by atoms with E-state index in [1.807, 2.05) is 19.1 Å². The zero-order valence-electron chi connectivity index (χ0n) is 10.9. The Kier molecular flexibility index (Phi) is 4.03. The SMILES string of the molecule is CC=CC=CC(=O)NC(C)C1CC2CCC1C2. The van der Waals surface area contributed by atoms with Crippen LogP contribution in [0.25, 0.3) is 0 Å². The molecule has 2 aliphatic carbocycles. The Morgan fingerprint density at radius 3 is 2.71 bits per heavy atom. The second-order valence-corrected chi connectivity index (χ2v) is 5.52. The summed E-state index contributed by atoms with van der Waals surface area (Å²) in [6.45, 7) is 4.10. The number of allylic oxidation sites excluding steroid dienone is 3. The number of hydrogen-bond donors (Lipinski definition) is 1. The molecule has 94 valence electrons. The zero-order valence-corrected chi connectivity index (χ0v) is 10.9. The monoisotopic (exact) mass is 233 g/mol. The van der Waals surface area contributed by atoms with Gasteiger partial charge in [-0.3, -0.25) is 4.79 Å². The Balaban J connectivity index is 1.81. The first-order valence-electron chi connectivity index (χ1n) is 6.80. The van der Waals surface area contributed by atoms with Gasteiger partial charge in [0, 0.05) is 12.1 Å². The molecule has 4 unspecified atom stereocenters. The Hall–Kier alpha value is -1.05. The average molecular weight is 233 g/mol. The fraction of sp³-hybridized carbons (Fsp3) is 0.667. The van der Waals surface area contributed by atoms with Crippen LogP contribution in [0.3, 0.4) is 0 Å². The normalized spacial score (nSPS) is 33.6. The summed E-state index contributed by atoms with van der Waals surface area (Å²) in [6, 6.07) is 0.327. The van der Waals surface area contributed by atoms with Gasteiger partial charge in [0.1, 0.15) is 0 Å². The van der Waals surface area contributed by atoms with Crippen LogP contribution in [-0.2, 0) is 4.79 Å². The lowest BCUT2D eigenvalue weighted by atomic mass is 9.84. The van der Waals surface area contributed by atoms with E-state index >= 15 is 0 Å². The molecule has 0 aromatic rings. The molecule has 17 heavy (non-hydrogen) atoms. The predicted octanol–water partition coefficient (Wildman–Crippen LogP) is 3.06. The molecule has 0 aromatic heterocycles. The summed E-state index contributed by atoms with van der Waals surface area (Å²) in [6.07, 6.45) is 12.7. The van der Waals surface area contributed by atoms with Crippen LogP contribution >= 0.6 is 0 Å². The smallest absolute Gasteiger partial charge is 0.244 e. The van der Waals surface area contributed by atoms with Crippen molar-refractivity contribution in [3.8, 4) is 0 Å². The van der Waals surface area contributed by atoms with E-state index in [-0.39, 0.29) is 5.91 Å². The Morgan fingerprint density at radius 2 is 2.12 bits per heavy atom. The minimum atomic E-state index is 0.0402. The Labute approximate surface area is 104 Å². The van der Waals surface area contributed by atoms with Crippen molar-refractivity contribution in [2.24, 2.45) is 17.8 Å². The van der Waals surface area contributed by atoms with Gasteiger partial charge in [-0.25, -0.2) is 0 Å². The maximum atomic E-state index is 11.7. The van der Waals surface area contributed by atoms with Crippen LogP contribution in [0.4, 0.5) is 0 Å². The minimum absolute atomic E-state index is 0.0402. The van der Waals surface area contributed by atoms with Crippen molar-refractivity contribution in [3.63, 3.8) is 0 Å². The quantitative estimate of drug-likeness (QED) is 0.587. The molecule has 0 heterocycles. The lowest BCUT2D eigenvalue weighted by molar-refractivity contribution is -0.117. The van der Waals surface area contributed by atoms with Crippen LogP contribution < -0.4 is 5.32 Å². The molecule has 4 atom stereocenters. The lowest BCUT2D eigenvalue weighted by Crippen LogP contribution is -2.39. The molecule has 2 bridgehead atoms. The second kappa shape index (κ2) is 5.52. The lowest BCUT2D eigenvalue weighted by Gasteiger charge is -2.28. The highest BCUT2D eigenvalue weighted by Crippen LogP contribution is 2.49. The van der Waals surface area contributed by atoms with Crippen molar-refractivity contribution < 1.29 is 4.79 Å². The van der Waals surface area contributed by atoms with Crippen LogP contribution in [0.1, 0.15) is 39.5 Å². The van der Waals surface area contributed by atoms with E-state index in [4.69, 9.17) is 0 Å². The maximum absolute atomic E-state index is 11.7. The predicted molar refractivity (Wildman–Crippen MR) is 70.5 cm³/mol. The van der Waals surface area contributed by atoms with Crippen molar-refractivity contribution in [1.29, 1.82) is 0 Å². The average Bonchev–Trinajstić information content (AvgIpc) is 2.91. The van der Waals surface area contributed by atoms with E-state index in [1.165, 1.54) is 25.7 Å². The van der Waals surface area contributed by atoms with Crippen LogP contribution in [0.2, 0.25) is 0 Å². The van der Waals surface area contributed by atoms with Gasteiger partial charge in [0.2, 0.25) is 5.91 Å². The molecule has 2 heteroatoms. The third-order valence-electron chi connectivity index (χ3n) is 4.36. The molecule has 2 nitrogen and oxygen atoms in total. The molecule has 1 amide bonds. The molecule has 0 aliphatic heterocycles. The zero-order chi connectivity index (χ0) is 12.3. The van der Waals surface area contributed by atoms with Gasteiger partial charge in [-0.15, -0.1) is 0 Å². The van der Waals surface area contributed by atoms with Crippen molar-refractivity contribution >= 4 is 5.91 Å².